The maximum absolute atomic E-state index is 3.46. The van der Waals surface area contributed by atoms with Crippen molar-refractivity contribution < 1.29 is 0 Å². The van der Waals surface area contributed by atoms with E-state index < -0.39 is 0 Å². The Morgan fingerprint density at radius 3 is 3.00 bits per heavy atom. The van der Waals surface area contributed by atoms with E-state index in [1.165, 1.54) is 29.9 Å². The van der Waals surface area contributed by atoms with E-state index in [4.69, 9.17) is 0 Å². The Labute approximate surface area is 103 Å². The first kappa shape index (κ1) is 12.0. The number of fused-ring (bicyclic) bond motifs is 1. The monoisotopic (exact) mass is 235 g/mol. The van der Waals surface area contributed by atoms with E-state index >= 15 is 0 Å². The van der Waals surface area contributed by atoms with Crippen molar-refractivity contribution >= 4 is 11.8 Å². The average Bonchev–Trinajstić information content (AvgIpc) is 2.72. The molecular formula is C14H21NS. The van der Waals surface area contributed by atoms with Crippen molar-refractivity contribution in [3.63, 3.8) is 0 Å². The lowest BCUT2D eigenvalue weighted by Crippen LogP contribution is -2.24. The molecule has 0 bridgehead atoms. The van der Waals surface area contributed by atoms with E-state index in [-0.39, 0.29) is 0 Å². The highest BCUT2D eigenvalue weighted by Crippen LogP contribution is 2.31. The summed E-state index contributed by atoms with van der Waals surface area (Å²) in [6, 6.07) is 7.38. The molecule has 0 heterocycles. The third-order valence-electron chi connectivity index (χ3n) is 3.02. The summed E-state index contributed by atoms with van der Waals surface area (Å²) in [4.78, 5) is 1.51. The summed E-state index contributed by atoms with van der Waals surface area (Å²) >= 11 is 2.01. The fourth-order valence-corrected chi connectivity index (χ4v) is 3.25. The molecule has 1 aliphatic rings. The lowest BCUT2D eigenvalue weighted by molar-refractivity contribution is 0.616. The van der Waals surface area contributed by atoms with Crippen LogP contribution in [0.5, 0.6) is 0 Å². The molecule has 0 saturated carbocycles. The summed E-state index contributed by atoms with van der Waals surface area (Å²) in [6.45, 7) is 5.50. The van der Waals surface area contributed by atoms with Crippen molar-refractivity contribution in [1.82, 2.24) is 5.32 Å². The first-order valence-electron chi connectivity index (χ1n) is 6.24. The molecule has 0 amide bonds. The molecule has 1 nitrogen and oxygen atoms in total. The van der Waals surface area contributed by atoms with Gasteiger partial charge < -0.3 is 5.32 Å². The molecule has 1 aliphatic carbocycles. The largest absolute Gasteiger partial charge is 0.314 e. The summed E-state index contributed by atoms with van der Waals surface area (Å²) in [5.41, 5.74) is 3.21. The fraction of sp³-hybridized carbons (Fsp3) is 0.571. The van der Waals surface area contributed by atoms with Gasteiger partial charge in [-0.25, -0.2) is 0 Å². The number of hydrogen-bond donors (Lipinski definition) is 1. The van der Waals surface area contributed by atoms with Crippen LogP contribution in [-0.4, -0.2) is 18.3 Å². The van der Waals surface area contributed by atoms with Crippen LogP contribution in [0.15, 0.2) is 23.1 Å². The zero-order valence-corrected chi connectivity index (χ0v) is 11.1. The molecule has 0 aromatic heterocycles. The van der Waals surface area contributed by atoms with Gasteiger partial charge in [0.2, 0.25) is 0 Å². The first-order chi connectivity index (χ1) is 7.77. The van der Waals surface area contributed by atoms with Gasteiger partial charge in [0, 0.05) is 23.2 Å². The molecule has 0 unspecified atom stereocenters. The Bertz CT molecular complexity index is 347. The molecule has 88 valence electrons. The van der Waals surface area contributed by atoms with Crippen molar-refractivity contribution in [2.45, 2.75) is 44.0 Å². The maximum Gasteiger partial charge on any atom is 0.0107 e. The normalized spacial score (nSPS) is 14.4. The highest BCUT2D eigenvalue weighted by Gasteiger charge is 2.13. The van der Waals surface area contributed by atoms with Gasteiger partial charge in [0.1, 0.15) is 0 Å². The summed E-state index contributed by atoms with van der Waals surface area (Å²) in [5, 5.41) is 3.46. The Balaban J connectivity index is 1.88. The Kier molecular flexibility index (Phi) is 4.30. The van der Waals surface area contributed by atoms with Gasteiger partial charge >= 0.3 is 0 Å². The van der Waals surface area contributed by atoms with Crippen LogP contribution in [0.4, 0.5) is 0 Å². The topological polar surface area (TPSA) is 12.0 Å². The van der Waals surface area contributed by atoms with Gasteiger partial charge in [0.05, 0.1) is 0 Å². The number of aryl methyl sites for hydroxylation is 1. The Morgan fingerprint density at radius 1 is 1.31 bits per heavy atom. The molecule has 0 fully saturated rings. The van der Waals surface area contributed by atoms with Gasteiger partial charge in [0.25, 0.3) is 0 Å². The second-order valence-electron chi connectivity index (χ2n) is 4.70. The Morgan fingerprint density at radius 2 is 2.19 bits per heavy atom. The summed E-state index contributed by atoms with van der Waals surface area (Å²) < 4.78 is 0. The summed E-state index contributed by atoms with van der Waals surface area (Å²) in [6.07, 6.45) is 3.92. The number of benzene rings is 1. The van der Waals surface area contributed by atoms with E-state index in [1.807, 2.05) is 11.8 Å². The zero-order chi connectivity index (χ0) is 11.4. The van der Waals surface area contributed by atoms with Crippen LogP contribution >= 0.6 is 11.8 Å². The van der Waals surface area contributed by atoms with Crippen LogP contribution in [0.3, 0.4) is 0 Å². The zero-order valence-electron chi connectivity index (χ0n) is 10.3. The van der Waals surface area contributed by atoms with Crippen LogP contribution in [-0.2, 0) is 12.8 Å². The minimum absolute atomic E-state index is 0.599. The number of nitrogens with one attached hydrogen (secondary N) is 1. The van der Waals surface area contributed by atoms with Gasteiger partial charge in [0.15, 0.2) is 0 Å². The summed E-state index contributed by atoms with van der Waals surface area (Å²) in [5.74, 6) is 1.18. The third kappa shape index (κ3) is 3.02. The standard InChI is InChI=1S/C14H21NS/c1-11(2)15-9-10-16-14-8-4-6-12-5-3-7-13(12)14/h4,6,8,11,15H,3,5,7,9-10H2,1-2H3. The molecule has 0 saturated heterocycles. The maximum atomic E-state index is 3.46. The smallest absolute Gasteiger partial charge is 0.0107 e. The second-order valence-corrected chi connectivity index (χ2v) is 5.84. The predicted molar refractivity (Wildman–Crippen MR) is 72.3 cm³/mol. The van der Waals surface area contributed by atoms with Crippen molar-refractivity contribution in [3.05, 3.63) is 29.3 Å². The van der Waals surface area contributed by atoms with Gasteiger partial charge in [-0.3, -0.25) is 0 Å². The lowest BCUT2D eigenvalue weighted by Gasteiger charge is -2.10. The number of rotatable bonds is 5. The predicted octanol–water partition coefficient (Wildman–Crippen LogP) is 3.27. The van der Waals surface area contributed by atoms with Gasteiger partial charge in [-0.1, -0.05) is 26.0 Å². The molecule has 0 atom stereocenters. The lowest BCUT2D eigenvalue weighted by atomic mass is 10.1. The van der Waals surface area contributed by atoms with E-state index in [0.29, 0.717) is 6.04 Å². The SMILES string of the molecule is CC(C)NCCSc1cccc2c1CCC2. The van der Waals surface area contributed by atoms with Crippen molar-refractivity contribution in [3.8, 4) is 0 Å². The quantitative estimate of drug-likeness (QED) is 0.621. The van der Waals surface area contributed by atoms with Crippen LogP contribution in [0.25, 0.3) is 0 Å². The van der Waals surface area contributed by atoms with E-state index in [1.54, 1.807) is 11.1 Å². The molecule has 2 rings (SSSR count). The highest BCUT2D eigenvalue weighted by atomic mass is 32.2. The minimum atomic E-state index is 0.599. The first-order valence-corrected chi connectivity index (χ1v) is 7.23. The fourth-order valence-electron chi connectivity index (χ4n) is 2.23. The van der Waals surface area contributed by atoms with Crippen molar-refractivity contribution in [1.29, 1.82) is 0 Å². The van der Waals surface area contributed by atoms with Crippen molar-refractivity contribution in [2.75, 3.05) is 12.3 Å². The van der Waals surface area contributed by atoms with Gasteiger partial charge in [-0.15, -0.1) is 11.8 Å². The summed E-state index contributed by atoms with van der Waals surface area (Å²) in [7, 11) is 0. The molecule has 0 radical (unpaired) electrons. The van der Waals surface area contributed by atoms with Crippen LogP contribution in [0.2, 0.25) is 0 Å². The van der Waals surface area contributed by atoms with Gasteiger partial charge in [-0.05, 0) is 36.5 Å². The number of hydrogen-bond acceptors (Lipinski definition) is 2. The third-order valence-corrected chi connectivity index (χ3v) is 4.12. The van der Waals surface area contributed by atoms with E-state index in [9.17, 15) is 0 Å². The molecule has 2 heteroatoms. The molecule has 1 aromatic carbocycles. The average molecular weight is 235 g/mol. The molecule has 1 aromatic rings. The van der Waals surface area contributed by atoms with E-state index in [2.05, 4.69) is 37.4 Å². The second kappa shape index (κ2) is 5.74. The Hall–Kier alpha value is -0.470. The highest BCUT2D eigenvalue weighted by molar-refractivity contribution is 7.99. The van der Waals surface area contributed by atoms with Crippen LogP contribution < -0.4 is 5.32 Å². The van der Waals surface area contributed by atoms with Crippen molar-refractivity contribution in [2.24, 2.45) is 0 Å². The molecule has 1 N–H and O–H groups in total. The molecule has 0 spiro atoms. The van der Waals surface area contributed by atoms with Crippen LogP contribution in [0.1, 0.15) is 31.4 Å². The molecule has 0 aliphatic heterocycles. The van der Waals surface area contributed by atoms with E-state index in [0.717, 1.165) is 6.54 Å². The minimum Gasteiger partial charge on any atom is -0.314 e. The number of thioether (sulfide) groups is 1. The molecular weight excluding hydrogens is 214 g/mol. The van der Waals surface area contributed by atoms with Gasteiger partial charge in [-0.2, -0.15) is 0 Å². The van der Waals surface area contributed by atoms with Crippen LogP contribution in [0, 0.1) is 0 Å². The molecule has 16 heavy (non-hydrogen) atoms.